The van der Waals surface area contributed by atoms with Crippen LogP contribution >= 0.6 is 0 Å². The van der Waals surface area contributed by atoms with Crippen molar-refractivity contribution in [1.82, 2.24) is 20.1 Å². The molecule has 3 rings (SSSR count). The molecular formula is C31H41N5O7S2. The number of aliphatic hydroxyl groups excluding tert-OH is 1. The third-order valence-corrected chi connectivity index (χ3v) is 9.23. The van der Waals surface area contributed by atoms with Crippen molar-refractivity contribution in [2.75, 3.05) is 26.7 Å². The monoisotopic (exact) mass is 659 g/mol. The Balaban J connectivity index is 1.91. The maximum absolute atomic E-state index is 13.6. The average molecular weight is 660 g/mol. The molecule has 0 bridgehead atoms. The van der Waals surface area contributed by atoms with Gasteiger partial charge in [0.15, 0.2) is 0 Å². The topological polar surface area (TPSA) is 179 Å². The van der Waals surface area contributed by atoms with Gasteiger partial charge in [-0.1, -0.05) is 62.4 Å². The van der Waals surface area contributed by atoms with Gasteiger partial charge in [0.1, 0.15) is 0 Å². The van der Waals surface area contributed by atoms with E-state index in [1.807, 2.05) is 32.0 Å². The number of hydrogen-bond donors (Lipinski definition) is 4. The fourth-order valence-electron chi connectivity index (χ4n) is 4.76. The zero-order chi connectivity index (χ0) is 33.2. The Bertz CT molecular complexity index is 1650. The van der Waals surface area contributed by atoms with E-state index >= 15 is 0 Å². The number of nitrogens with zero attached hydrogens (tertiary/aromatic N) is 2. The first-order chi connectivity index (χ1) is 21.2. The summed E-state index contributed by atoms with van der Waals surface area (Å²) in [6, 6.07) is 19.3. The van der Waals surface area contributed by atoms with Crippen LogP contribution in [0.1, 0.15) is 53.0 Å². The van der Waals surface area contributed by atoms with Crippen molar-refractivity contribution in [1.29, 1.82) is 0 Å². The van der Waals surface area contributed by atoms with Gasteiger partial charge in [-0.3, -0.25) is 9.59 Å². The molecule has 0 aliphatic rings. The van der Waals surface area contributed by atoms with E-state index in [0.717, 1.165) is 17.7 Å². The van der Waals surface area contributed by atoms with Gasteiger partial charge in [0.05, 0.1) is 21.9 Å². The van der Waals surface area contributed by atoms with Crippen molar-refractivity contribution in [3.63, 3.8) is 0 Å². The zero-order valence-electron chi connectivity index (χ0n) is 25.6. The molecule has 12 nitrogen and oxygen atoms in total. The summed E-state index contributed by atoms with van der Waals surface area (Å²) < 4.78 is 50.2. The van der Waals surface area contributed by atoms with Crippen molar-refractivity contribution in [3.05, 3.63) is 95.6 Å². The molecule has 0 aliphatic carbocycles. The van der Waals surface area contributed by atoms with E-state index in [2.05, 4.69) is 10.1 Å². The van der Waals surface area contributed by atoms with E-state index in [4.69, 9.17) is 5.14 Å². The molecule has 45 heavy (non-hydrogen) atoms. The predicted molar refractivity (Wildman–Crippen MR) is 171 cm³/mol. The van der Waals surface area contributed by atoms with Crippen LogP contribution in [0.25, 0.3) is 0 Å². The van der Waals surface area contributed by atoms with Gasteiger partial charge in [-0.25, -0.2) is 27.0 Å². The van der Waals surface area contributed by atoms with E-state index in [1.165, 1.54) is 30.3 Å². The molecule has 5 N–H and O–H groups in total. The minimum atomic E-state index is -4.29. The normalized spacial score (nSPS) is 13.3. The maximum atomic E-state index is 13.6. The van der Waals surface area contributed by atoms with Gasteiger partial charge in [0.25, 0.3) is 21.8 Å². The molecule has 2 amide bonds. The van der Waals surface area contributed by atoms with E-state index in [1.54, 1.807) is 35.2 Å². The van der Waals surface area contributed by atoms with Crippen molar-refractivity contribution in [2.45, 2.75) is 55.0 Å². The van der Waals surface area contributed by atoms with Crippen LogP contribution in [0, 0.1) is 0 Å². The fourth-order valence-corrected chi connectivity index (χ4v) is 6.45. The number of carbonyl (C=O) groups excluding carboxylic acids is 2. The Morgan fingerprint density at radius 3 is 1.96 bits per heavy atom. The molecular weight excluding hydrogens is 619 g/mol. The lowest BCUT2D eigenvalue weighted by Gasteiger charge is -2.28. The van der Waals surface area contributed by atoms with E-state index in [-0.39, 0.29) is 29.0 Å². The summed E-state index contributed by atoms with van der Waals surface area (Å²) in [7, 11) is -6.78. The van der Waals surface area contributed by atoms with Crippen molar-refractivity contribution >= 4 is 31.9 Å². The van der Waals surface area contributed by atoms with Crippen LogP contribution < -0.4 is 15.3 Å². The number of benzene rings is 3. The second-order valence-electron chi connectivity index (χ2n) is 10.7. The third kappa shape index (κ3) is 10.4. The first-order valence-corrected chi connectivity index (χ1v) is 17.6. The number of primary sulfonamides is 1. The number of sulfonamides is 2. The van der Waals surface area contributed by atoms with E-state index in [9.17, 15) is 31.5 Å². The molecule has 2 unspecified atom stereocenters. The number of nitrogens with two attached hydrogens (primary N) is 1. The lowest BCUT2D eigenvalue weighted by Crippen LogP contribution is -2.52. The van der Waals surface area contributed by atoms with Crippen molar-refractivity contribution < 1.29 is 31.5 Å². The van der Waals surface area contributed by atoms with Crippen LogP contribution in [-0.4, -0.2) is 82.5 Å². The van der Waals surface area contributed by atoms with Crippen molar-refractivity contribution in [3.8, 4) is 0 Å². The summed E-state index contributed by atoms with van der Waals surface area (Å²) in [4.78, 5) is 30.6. The average Bonchev–Trinajstić information content (AvgIpc) is 3.00. The molecule has 0 saturated heterocycles. The summed E-state index contributed by atoms with van der Waals surface area (Å²) in [5.74, 6) is -1.19. The molecule has 244 valence electrons. The second-order valence-corrected chi connectivity index (χ2v) is 13.9. The first-order valence-electron chi connectivity index (χ1n) is 14.5. The SMILES string of the molecule is CCCN(CCC)C(=O)c1cc(C(=O)NC(Cc2ccccc2)C(O)CN(C)NS(=O)(=O)c2ccccc2)cc(S(N)(=O)=O)c1. The van der Waals surface area contributed by atoms with Gasteiger partial charge in [0.2, 0.25) is 10.0 Å². The molecule has 0 fully saturated rings. The number of rotatable bonds is 16. The molecule has 3 aromatic rings. The molecule has 0 aromatic heterocycles. The number of hydrogen-bond acceptors (Lipinski definition) is 8. The number of aliphatic hydroxyl groups is 1. The summed E-state index contributed by atoms with van der Waals surface area (Å²) >= 11 is 0. The summed E-state index contributed by atoms with van der Waals surface area (Å²) in [6.45, 7) is 4.50. The Hall–Kier alpha value is -3.66. The molecule has 3 aromatic carbocycles. The van der Waals surface area contributed by atoms with Crippen LogP contribution in [0.4, 0.5) is 0 Å². The molecule has 2 atom stereocenters. The first kappa shape index (κ1) is 35.8. The number of carbonyl (C=O) groups is 2. The predicted octanol–water partition coefficient (Wildman–Crippen LogP) is 2.12. The molecule has 0 spiro atoms. The molecule has 0 saturated carbocycles. The fraction of sp³-hybridized carbons (Fsp3) is 0.355. The Kier molecular flexibility index (Phi) is 12.8. The highest BCUT2D eigenvalue weighted by molar-refractivity contribution is 7.89. The van der Waals surface area contributed by atoms with Gasteiger partial charge >= 0.3 is 0 Å². The molecule has 0 radical (unpaired) electrons. The minimum absolute atomic E-state index is 0.0104. The second kappa shape index (κ2) is 16.1. The largest absolute Gasteiger partial charge is 0.390 e. The van der Waals surface area contributed by atoms with E-state index < -0.39 is 48.9 Å². The zero-order valence-corrected chi connectivity index (χ0v) is 27.2. The molecule has 0 aliphatic heterocycles. The van der Waals surface area contributed by atoms with Gasteiger partial charge in [-0.15, -0.1) is 4.83 Å². The van der Waals surface area contributed by atoms with Gasteiger partial charge in [-0.05, 0) is 55.2 Å². The van der Waals surface area contributed by atoms with Gasteiger partial charge in [-0.2, -0.15) is 0 Å². The highest BCUT2D eigenvalue weighted by Gasteiger charge is 2.27. The Labute approximate surface area is 265 Å². The van der Waals surface area contributed by atoms with Crippen LogP contribution in [0.3, 0.4) is 0 Å². The van der Waals surface area contributed by atoms with Crippen LogP contribution in [0.15, 0.2) is 88.7 Å². The van der Waals surface area contributed by atoms with Crippen LogP contribution in [0.5, 0.6) is 0 Å². The van der Waals surface area contributed by atoms with Crippen LogP contribution in [-0.2, 0) is 26.5 Å². The minimum Gasteiger partial charge on any atom is -0.390 e. The number of hydrazine groups is 1. The summed E-state index contributed by atoms with van der Waals surface area (Å²) in [6.07, 6.45) is 0.241. The number of nitrogens with one attached hydrogen (secondary N) is 2. The number of likely N-dealkylation sites (N-methyl/N-ethyl adjacent to an activating group) is 1. The third-order valence-electron chi connectivity index (χ3n) is 6.89. The van der Waals surface area contributed by atoms with Crippen molar-refractivity contribution in [2.24, 2.45) is 5.14 Å². The number of amides is 2. The van der Waals surface area contributed by atoms with Gasteiger partial charge in [0, 0.05) is 37.8 Å². The molecule has 14 heteroatoms. The lowest BCUT2D eigenvalue weighted by atomic mass is 10.00. The summed E-state index contributed by atoms with van der Waals surface area (Å²) in [5.41, 5.74) is 0.628. The highest BCUT2D eigenvalue weighted by Crippen LogP contribution is 2.18. The maximum Gasteiger partial charge on any atom is 0.253 e. The Morgan fingerprint density at radius 1 is 0.844 bits per heavy atom. The lowest BCUT2D eigenvalue weighted by molar-refractivity contribution is 0.0687. The highest BCUT2D eigenvalue weighted by atomic mass is 32.2. The summed E-state index contributed by atoms with van der Waals surface area (Å²) in [5, 5.41) is 20.6. The van der Waals surface area contributed by atoms with Crippen LogP contribution in [0.2, 0.25) is 0 Å². The molecule has 0 heterocycles. The standard InChI is InChI=1S/C31H41N5O7S2/c1-4-16-36(17-5-2)31(39)25-19-24(20-27(21-25)44(32,40)41)30(38)33-28(18-23-12-8-6-9-13-23)29(37)22-35(3)34-45(42,43)26-14-10-7-11-15-26/h6-15,19-21,28-29,34,37H,4-5,16-18,22H2,1-3H3,(H,33,38)(H2,32,40,41). The van der Waals surface area contributed by atoms with E-state index in [0.29, 0.717) is 25.9 Å². The Morgan fingerprint density at radius 2 is 1.40 bits per heavy atom. The van der Waals surface area contributed by atoms with Gasteiger partial charge < -0.3 is 15.3 Å². The quantitative estimate of drug-likeness (QED) is 0.169. The smallest absolute Gasteiger partial charge is 0.253 e.